The van der Waals surface area contributed by atoms with Gasteiger partial charge in [0.1, 0.15) is 6.04 Å². The van der Waals surface area contributed by atoms with Gasteiger partial charge in [0, 0.05) is 13.1 Å². The molecule has 1 aliphatic rings. The molecular formula is C8H17N3O4S. The van der Waals surface area contributed by atoms with Crippen LogP contribution in [0.4, 0.5) is 0 Å². The highest BCUT2D eigenvalue weighted by atomic mass is 32.2. The van der Waals surface area contributed by atoms with Crippen LogP contribution >= 0.6 is 0 Å². The van der Waals surface area contributed by atoms with Gasteiger partial charge in [-0.2, -0.15) is 0 Å². The molecule has 0 bridgehead atoms. The SMILES string of the molecule is NS(=O)(=O)CCCNC(=O)C1COCCN1. The predicted octanol–water partition coefficient (Wildman–Crippen LogP) is -2.23. The summed E-state index contributed by atoms with van der Waals surface area (Å²) in [6.07, 6.45) is 0.318. The summed E-state index contributed by atoms with van der Waals surface area (Å²) in [7, 11) is -3.44. The summed E-state index contributed by atoms with van der Waals surface area (Å²) in [4.78, 5) is 11.5. The number of primary sulfonamides is 1. The molecule has 1 rings (SSSR count). The summed E-state index contributed by atoms with van der Waals surface area (Å²) in [5.41, 5.74) is 0. The van der Waals surface area contributed by atoms with Crippen LogP contribution in [0.5, 0.6) is 0 Å². The van der Waals surface area contributed by atoms with Crippen molar-refractivity contribution < 1.29 is 17.9 Å². The molecule has 1 fully saturated rings. The van der Waals surface area contributed by atoms with Crippen molar-refractivity contribution in [2.24, 2.45) is 5.14 Å². The van der Waals surface area contributed by atoms with Crippen molar-refractivity contribution >= 4 is 15.9 Å². The van der Waals surface area contributed by atoms with Gasteiger partial charge >= 0.3 is 0 Å². The largest absolute Gasteiger partial charge is 0.378 e. The molecule has 1 aliphatic heterocycles. The van der Waals surface area contributed by atoms with Gasteiger partial charge in [0.2, 0.25) is 15.9 Å². The molecule has 0 aromatic heterocycles. The molecular weight excluding hydrogens is 234 g/mol. The van der Waals surface area contributed by atoms with Gasteiger partial charge < -0.3 is 15.4 Å². The first-order valence-electron chi connectivity index (χ1n) is 5.08. The van der Waals surface area contributed by atoms with Crippen molar-refractivity contribution in [1.82, 2.24) is 10.6 Å². The van der Waals surface area contributed by atoms with E-state index in [4.69, 9.17) is 9.88 Å². The van der Waals surface area contributed by atoms with Crippen LogP contribution in [-0.4, -0.2) is 52.4 Å². The zero-order valence-electron chi connectivity index (χ0n) is 8.94. The van der Waals surface area contributed by atoms with Crippen LogP contribution in [0.25, 0.3) is 0 Å². The van der Waals surface area contributed by atoms with Crippen molar-refractivity contribution in [3.63, 3.8) is 0 Å². The zero-order valence-corrected chi connectivity index (χ0v) is 9.76. The third kappa shape index (κ3) is 5.40. The van der Waals surface area contributed by atoms with Crippen LogP contribution in [0.2, 0.25) is 0 Å². The van der Waals surface area contributed by atoms with Crippen LogP contribution < -0.4 is 15.8 Å². The lowest BCUT2D eigenvalue weighted by molar-refractivity contribution is -0.125. The summed E-state index contributed by atoms with van der Waals surface area (Å²) < 4.78 is 26.3. The predicted molar refractivity (Wildman–Crippen MR) is 58.2 cm³/mol. The van der Waals surface area contributed by atoms with E-state index in [-0.39, 0.29) is 17.7 Å². The van der Waals surface area contributed by atoms with Gasteiger partial charge in [-0.1, -0.05) is 0 Å². The number of sulfonamides is 1. The fourth-order valence-corrected chi connectivity index (χ4v) is 1.89. The summed E-state index contributed by atoms with van der Waals surface area (Å²) in [6, 6.07) is -0.344. The fraction of sp³-hybridized carbons (Fsp3) is 0.875. The average molecular weight is 251 g/mol. The zero-order chi connectivity index (χ0) is 12.0. The lowest BCUT2D eigenvalue weighted by Gasteiger charge is -2.22. The van der Waals surface area contributed by atoms with Gasteiger partial charge in [-0.3, -0.25) is 4.79 Å². The Bertz CT molecular complexity index is 324. The molecule has 1 unspecified atom stereocenters. The van der Waals surface area contributed by atoms with Crippen LogP contribution in [-0.2, 0) is 19.6 Å². The van der Waals surface area contributed by atoms with E-state index < -0.39 is 10.0 Å². The minimum atomic E-state index is -3.44. The fourth-order valence-electron chi connectivity index (χ4n) is 1.34. The van der Waals surface area contributed by atoms with E-state index >= 15 is 0 Å². The van der Waals surface area contributed by atoms with Crippen molar-refractivity contribution in [3.8, 4) is 0 Å². The number of amides is 1. The van der Waals surface area contributed by atoms with E-state index in [1.807, 2.05) is 0 Å². The van der Waals surface area contributed by atoms with Gasteiger partial charge in [-0.05, 0) is 6.42 Å². The molecule has 16 heavy (non-hydrogen) atoms. The van der Waals surface area contributed by atoms with E-state index in [9.17, 15) is 13.2 Å². The highest BCUT2D eigenvalue weighted by Gasteiger charge is 2.20. The lowest BCUT2D eigenvalue weighted by atomic mass is 10.2. The number of carbonyl (C=O) groups excluding carboxylic acids is 1. The first kappa shape index (κ1) is 13.4. The minimum absolute atomic E-state index is 0.123. The van der Waals surface area contributed by atoms with E-state index in [1.54, 1.807) is 0 Å². The Balaban J connectivity index is 2.14. The summed E-state index contributed by atoms with van der Waals surface area (Å²) in [6.45, 7) is 1.90. The van der Waals surface area contributed by atoms with Crippen molar-refractivity contribution in [1.29, 1.82) is 0 Å². The topological polar surface area (TPSA) is 111 Å². The van der Waals surface area contributed by atoms with Crippen molar-refractivity contribution in [2.45, 2.75) is 12.5 Å². The Morgan fingerprint density at radius 3 is 2.88 bits per heavy atom. The smallest absolute Gasteiger partial charge is 0.239 e. The van der Waals surface area contributed by atoms with Crippen molar-refractivity contribution in [2.75, 3.05) is 32.1 Å². The Kier molecular flexibility index (Phi) is 5.13. The van der Waals surface area contributed by atoms with E-state index in [2.05, 4.69) is 10.6 Å². The number of morpholine rings is 1. The number of nitrogens with two attached hydrogens (primary N) is 1. The Morgan fingerprint density at radius 1 is 1.56 bits per heavy atom. The summed E-state index contributed by atoms with van der Waals surface area (Å²) >= 11 is 0. The van der Waals surface area contributed by atoms with Crippen LogP contribution in [0.3, 0.4) is 0 Å². The molecule has 7 nitrogen and oxygen atoms in total. The molecule has 1 atom stereocenters. The Morgan fingerprint density at radius 2 is 2.31 bits per heavy atom. The molecule has 0 aliphatic carbocycles. The minimum Gasteiger partial charge on any atom is -0.378 e. The molecule has 0 spiro atoms. The van der Waals surface area contributed by atoms with Crippen LogP contribution in [0, 0.1) is 0 Å². The lowest BCUT2D eigenvalue weighted by Crippen LogP contribution is -2.51. The molecule has 1 saturated heterocycles. The highest BCUT2D eigenvalue weighted by Crippen LogP contribution is 1.93. The number of carbonyl (C=O) groups is 1. The molecule has 8 heteroatoms. The molecule has 0 saturated carbocycles. The maximum absolute atomic E-state index is 11.5. The molecule has 94 valence electrons. The standard InChI is InChI=1S/C8H17N3O4S/c9-16(13,14)5-1-2-11-8(12)7-6-15-4-3-10-7/h7,10H,1-6H2,(H,11,12)(H2,9,13,14). The van der Waals surface area contributed by atoms with E-state index in [0.29, 0.717) is 32.7 Å². The Hall–Kier alpha value is -0.700. The van der Waals surface area contributed by atoms with E-state index in [0.717, 1.165) is 0 Å². The molecule has 1 amide bonds. The van der Waals surface area contributed by atoms with E-state index in [1.165, 1.54) is 0 Å². The monoisotopic (exact) mass is 251 g/mol. The molecule has 4 N–H and O–H groups in total. The van der Waals surface area contributed by atoms with Gasteiger partial charge in [-0.25, -0.2) is 13.6 Å². The molecule has 0 aromatic carbocycles. The third-order valence-corrected chi connectivity index (χ3v) is 3.00. The number of nitrogens with one attached hydrogen (secondary N) is 2. The van der Waals surface area contributed by atoms with Gasteiger partial charge in [0.05, 0.1) is 19.0 Å². The van der Waals surface area contributed by atoms with Gasteiger partial charge in [0.25, 0.3) is 0 Å². The summed E-state index contributed by atoms with van der Waals surface area (Å²) in [5.74, 6) is -0.295. The van der Waals surface area contributed by atoms with Gasteiger partial charge in [0.15, 0.2) is 0 Å². The first-order valence-corrected chi connectivity index (χ1v) is 6.80. The van der Waals surface area contributed by atoms with Crippen LogP contribution in [0.1, 0.15) is 6.42 Å². The second kappa shape index (κ2) is 6.14. The highest BCUT2D eigenvalue weighted by molar-refractivity contribution is 7.89. The second-order valence-electron chi connectivity index (χ2n) is 3.59. The van der Waals surface area contributed by atoms with Crippen molar-refractivity contribution in [3.05, 3.63) is 0 Å². The summed E-state index contributed by atoms with van der Waals surface area (Å²) in [5, 5.41) is 10.4. The number of ether oxygens (including phenoxy) is 1. The number of rotatable bonds is 5. The first-order chi connectivity index (χ1) is 7.49. The molecule has 1 heterocycles. The maximum atomic E-state index is 11.5. The third-order valence-electron chi connectivity index (χ3n) is 2.14. The normalized spacial score (nSPS) is 21.7. The van der Waals surface area contributed by atoms with Crippen LogP contribution in [0.15, 0.2) is 0 Å². The Labute approximate surface area is 94.8 Å². The second-order valence-corrected chi connectivity index (χ2v) is 5.33. The maximum Gasteiger partial charge on any atom is 0.239 e. The number of hydrogen-bond donors (Lipinski definition) is 3. The number of hydrogen-bond acceptors (Lipinski definition) is 5. The van der Waals surface area contributed by atoms with Gasteiger partial charge in [-0.15, -0.1) is 0 Å². The molecule has 0 radical (unpaired) electrons. The quantitative estimate of drug-likeness (QED) is 0.479. The average Bonchev–Trinajstić information content (AvgIpc) is 2.24. The molecule has 0 aromatic rings.